The molecule has 5 nitrogen and oxygen atoms in total. The number of benzene rings is 1. The summed E-state index contributed by atoms with van der Waals surface area (Å²) in [6.45, 7) is 3.66. The number of hydrogen-bond acceptors (Lipinski definition) is 4. The number of carboxylic acids is 1. The van der Waals surface area contributed by atoms with E-state index in [1.807, 2.05) is 12.1 Å². The summed E-state index contributed by atoms with van der Waals surface area (Å²) in [5.74, 6) is -0.871. The average Bonchev–Trinajstić information content (AvgIpc) is 2.46. The van der Waals surface area contributed by atoms with E-state index in [2.05, 4.69) is 4.90 Å². The van der Waals surface area contributed by atoms with Crippen LogP contribution in [0.4, 0.5) is 0 Å². The lowest BCUT2D eigenvalue weighted by Crippen LogP contribution is -2.42. The van der Waals surface area contributed by atoms with Crippen molar-refractivity contribution in [3.05, 3.63) is 35.4 Å². The first-order chi connectivity index (χ1) is 9.70. The normalized spacial score (nSPS) is 19.9. The molecule has 1 N–H and O–H groups in total. The van der Waals surface area contributed by atoms with Crippen LogP contribution in [0.5, 0.6) is 0 Å². The van der Waals surface area contributed by atoms with Crippen LogP contribution in [0.15, 0.2) is 24.3 Å². The lowest BCUT2D eigenvalue weighted by Gasteiger charge is -2.33. The third-order valence-electron chi connectivity index (χ3n) is 3.51. The monoisotopic (exact) mass is 279 g/mol. The van der Waals surface area contributed by atoms with Crippen LogP contribution < -0.4 is 0 Å². The van der Waals surface area contributed by atoms with Crippen molar-refractivity contribution >= 4 is 5.97 Å². The van der Waals surface area contributed by atoms with Crippen molar-refractivity contribution in [2.75, 3.05) is 33.4 Å². The third-order valence-corrected chi connectivity index (χ3v) is 3.51. The molecule has 1 aliphatic heterocycles. The molecule has 0 amide bonds. The number of rotatable bonds is 6. The van der Waals surface area contributed by atoms with Gasteiger partial charge in [-0.05, 0) is 18.1 Å². The molecule has 1 saturated heterocycles. The van der Waals surface area contributed by atoms with Crippen LogP contribution in [-0.2, 0) is 16.0 Å². The number of hydrogen-bond donors (Lipinski definition) is 1. The summed E-state index contributed by atoms with van der Waals surface area (Å²) in [5.41, 5.74) is 1.24. The maximum Gasteiger partial charge on any atom is 0.336 e. The summed E-state index contributed by atoms with van der Waals surface area (Å²) in [6, 6.07) is 7.17. The minimum absolute atomic E-state index is 0.167. The second-order valence-electron chi connectivity index (χ2n) is 4.97. The summed E-state index contributed by atoms with van der Waals surface area (Å²) in [6.07, 6.45) is 1.04. The number of ether oxygens (including phenoxy) is 2. The van der Waals surface area contributed by atoms with E-state index in [0.29, 0.717) is 25.3 Å². The van der Waals surface area contributed by atoms with Crippen LogP contribution in [0.2, 0.25) is 0 Å². The fourth-order valence-corrected chi connectivity index (χ4v) is 2.46. The summed E-state index contributed by atoms with van der Waals surface area (Å²) < 4.78 is 10.8. The van der Waals surface area contributed by atoms with Crippen molar-refractivity contribution in [3.63, 3.8) is 0 Å². The summed E-state index contributed by atoms with van der Waals surface area (Å²) in [4.78, 5) is 13.5. The lowest BCUT2D eigenvalue weighted by atomic mass is 10.1. The molecular weight excluding hydrogens is 258 g/mol. The van der Waals surface area contributed by atoms with Gasteiger partial charge in [-0.25, -0.2) is 4.79 Å². The number of carbonyl (C=O) groups is 1. The van der Waals surface area contributed by atoms with Gasteiger partial charge in [0.2, 0.25) is 0 Å². The number of carboxylic acid groups (broad SMARTS) is 1. The molecule has 0 radical (unpaired) electrons. The first kappa shape index (κ1) is 15.0. The van der Waals surface area contributed by atoms with E-state index in [0.717, 1.165) is 25.1 Å². The van der Waals surface area contributed by atoms with Crippen LogP contribution in [0.3, 0.4) is 0 Å². The zero-order chi connectivity index (χ0) is 14.4. The fourth-order valence-electron chi connectivity index (χ4n) is 2.46. The molecule has 1 aromatic rings. The number of morpholine rings is 1. The predicted octanol–water partition coefficient (Wildman–Crippen LogP) is 1.62. The molecule has 2 rings (SSSR count). The molecule has 0 aliphatic carbocycles. The number of aromatic carboxylic acids is 1. The molecule has 20 heavy (non-hydrogen) atoms. The maximum absolute atomic E-state index is 11.2. The van der Waals surface area contributed by atoms with Crippen molar-refractivity contribution < 1.29 is 19.4 Å². The zero-order valence-corrected chi connectivity index (χ0v) is 11.7. The zero-order valence-electron chi connectivity index (χ0n) is 11.7. The molecule has 0 spiro atoms. The standard InChI is InChI=1S/C15H21NO4/c1-19-8-6-13-11-16(7-9-20-13)10-12-4-2-3-5-14(12)15(17)18/h2-5,13H,6-11H2,1H3,(H,17,18)/t13-/m1/s1. The van der Waals surface area contributed by atoms with E-state index >= 15 is 0 Å². The van der Waals surface area contributed by atoms with E-state index in [4.69, 9.17) is 9.47 Å². The predicted molar refractivity (Wildman–Crippen MR) is 74.9 cm³/mol. The minimum atomic E-state index is -0.871. The third kappa shape index (κ3) is 4.03. The van der Waals surface area contributed by atoms with Gasteiger partial charge in [0, 0.05) is 33.4 Å². The topological polar surface area (TPSA) is 59.0 Å². The molecule has 0 unspecified atom stereocenters. The Balaban J connectivity index is 1.97. The number of methoxy groups -OCH3 is 1. The van der Waals surface area contributed by atoms with Crippen LogP contribution in [0, 0.1) is 0 Å². The summed E-state index contributed by atoms with van der Waals surface area (Å²) in [7, 11) is 1.68. The summed E-state index contributed by atoms with van der Waals surface area (Å²) in [5, 5.41) is 9.20. The van der Waals surface area contributed by atoms with Crippen LogP contribution >= 0.6 is 0 Å². The highest BCUT2D eigenvalue weighted by atomic mass is 16.5. The van der Waals surface area contributed by atoms with Crippen molar-refractivity contribution in [2.24, 2.45) is 0 Å². The lowest BCUT2D eigenvalue weighted by molar-refractivity contribution is -0.0433. The second kappa shape index (κ2) is 7.38. The summed E-state index contributed by atoms with van der Waals surface area (Å²) >= 11 is 0. The highest BCUT2D eigenvalue weighted by Gasteiger charge is 2.21. The molecular formula is C15H21NO4. The Morgan fingerprint density at radius 2 is 2.30 bits per heavy atom. The smallest absolute Gasteiger partial charge is 0.336 e. The maximum atomic E-state index is 11.2. The minimum Gasteiger partial charge on any atom is -0.478 e. The van der Waals surface area contributed by atoms with E-state index in [9.17, 15) is 9.90 Å². The van der Waals surface area contributed by atoms with Gasteiger partial charge < -0.3 is 14.6 Å². The molecule has 0 saturated carbocycles. The largest absolute Gasteiger partial charge is 0.478 e. The molecule has 0 aromatic heterocycles. The van der Waals surface area contributed by atoms with E-state index in [1.54, 1.807) is 19.2 Å². The Morgan fingerprint density at radius 1 is 1.50 bits per heavy atom. The van der Waals surface area contributed by atoms with Gasteiger partial charge >= 0.3 is 5.97 Å². The van der Waals surface area contributed by atoms with Gasteiger partial charge in [-0.3, -0.25) is 4.90 Å². The molecule has 0 bridgehead atoms. The Kier molecular flexibility index (Phi) is 5.52. The second-order valence-corrected chi connectivity index (χ2v) is 4.97. The average molecular weight is 279 g/mol. The quantitative estimate of drug-likeness (QED) is 0.857. The highest BCUT2D eigenvalue weighted by Crippen LogP contribution is 2.15. The van der Waals surface area contributed by atoms with Gasteiger partial charge in [-0.15, -0.1) is 0 Å². The Hall–Kier alpha value is -1.43. The Morgan fingerprint density at radius 3 is 3.05 bits per heavy atom. The number of nitrogens with zero attached hydrogens (tertiary/aromatic N) is 1. The van der Waals surface area contributed by atoms with Crippen molar-refractivity contribution in [3.8, 4) is 0 Å². The van der Waals surface area contributed by atoms with Gasteiger partial charge in [0.25, 0.3) is 0 Å². The molecule has 1 fully saturated rings. The molecule has 1 aliphatic rings. The van der Waals surface area contributed by atoms with Crippen LogP contribution in [-0.4, -0.2) is 55.5 Å². The fraction of sp³-hybridized carbons (Fsp3) is 0.533. The van der Waals surface area contributed by atoms with E-state index in [-0.39, 0.29) is 6.10 Å². The highest BCUT2D eigenvalue weighted by molar-refractivity contribution is 5.89. The SMILES string of the molecule is COCC[C@@H]1CN(Cc2ccccc2C(=O)O)CCO1. The van der Waals surface area contributed by atoms with E-state index in [1.165, 1.54) is 0 Å². The molecule has 5 heteroatoms. The van der Waals surface area contributed by atoms with Gasteiger partial charge in [-0.1, -0.05) is 18.2 Å². The Bertz CT molecular complexity index is 449. The van der Waals surface area contributed by atoms with Gasteiger partial charge in [0.05, 0.1) is 18.3 Å². The first-order valence-corrected chi connectivity index (χ1v) is 6.85. The molecule has 1 atom stereocenters. The van der Waals surface area contributed by atoms with E-state index < -0.39 is 5.97 Å². The Labute approximate surface area is 119 Å². The van der Waals surface area contributed by atoms with Gasteiger partial charge in [0.15, 0.2) is 0 Å². The molecule has 110 valence electrons. The van der Waals surface area contributed by atoms with Gasteiger partial charge in [-0.2, -0.15) is 0 Å². The van der Waals surface area contributed by atoms with Gasteiger partial charge in [0.1, 0.15) is 0 Å². The van der Waals surface area contributed by atoms with Crippen molar-refractivity contribution in [1.29, 1.82) is 0 Å². The van der Waals surface area contributed by atoms with Crippen molar-refractivity contribution in [2.45, 2.75) is 19.1 Å². The van der Waals surface area contributed by atoms with Crippen molar-refractivity contribution in [1.82, 2.24) is 4.90 Å². The molecule has 1 heterocycles. The van der Waals surface area contributed by atoms with Crippen LogP contribution in [0.25, 0.3) is 0 Å². The molecule has 1 aromatic carbocycles. The van der Waals surface area contributed by atoms with Crippen LogP contribution in [0.1, 0.15) is 22.3 Å². The first-order valence-electron chi connectivity index (χ1n) is 6.85.